The van der Waals surface area contributed by atoms with Gasteiger partial charge < -0.3 is 4.74 Å². The van der Waals surface area contributed by atoms with Crippen LogP contribution in [0.4, 0.5) is 0 Å². The first-order valence-corrected chi connectivity index (χ1v) is 7.78. The van der Waals surface area contributed by atoms with Gasteiger partial charge in [-0.15, -0.1) is 12.4 Å². The van der Waals surface area contributed by atoms with Crippen molar-refractivity contribution >= 4 is 18.4 Å². The molecule has 23 heavy (non-hydrogen) atoms. The summed E-state index contributed by atoms with van der Waals surface area (Å²) in [4.78, 5) is 14.6. The van der Waals surface area contributed by atoms with Gasteiger partial charge in [-0.3, -0.25) is 4.90 Å². The van der Waals surface area contributed by atoms with Crippen LogP contribution < -0.4 is 0 Å². The minimum Gasteiger partial charge on any atom is -0.453 e. The van der Waals surface area contributed by atoms with Crippen molar-refractivity contribution in [3.8, 4) is 0 Å². The Morgan fingerprint density at radius 3 is 2.00 bits per heavy atom. The Hall–Kier alpha value is -1.84. The van der Waals surface area contributed by atoms with E-state index in [0.717, 1.165) is 18.7 Å². The number of ether oxygens (including phenoxy) is 1. The van der Waals surface area contributed by atoms with Gasteiger partial charge in [-0.1, -0.05) is 62.4 Å². The lowest BCUT2D eigenvalue weighted by Crippen LogP contribution is -2.30. The normalized spacial score (nSPS) is 11.6. The van der Waals surface area contributed by atoms with Crippen LogP contribution in [0.15, 0.2) is 60.7 Å². The van der Waals surface area contributed by atoms with Crippen LogP contribution in [-0.4, -0.2) is 30.5 Å². The Labute approximate surface area is 144 Å². The van der Waals surface area contributed by atoms with Crippen LogP contribution in [0.3, 0.4) is 0 Å². The standard InChI is InChI=1S/C19H23NO2.ClH/c1-3-20(4-2)15-18(16-11-7-5-8-12-16)22-19(21)17-13-9-6-10-14-17;/h5-14,18H,3-4,15H2,1-2H3;1H/t18-;/m0./s1. The van der Waals surface area contributed by atoms with E-state index in [2.05, 4.69) is 18.7 Å². The molecule has 0 fully saturated rings. The summed E-state index contributed by atoms with van der Waals surface area (Å²) in [7, 11) is 0. The van der Waals surface area contributed by atoms with E-state index in [1.807, 2.05) is 48.5 Å². The van der Waals surface area contributed by atoms with Crippen LogP contribution in [-0.2, 0) is 4.74 Å². The summed E-state index contributed by atoms with van der Waals surface area (Å²) >= 11 is 0. The fourth-order valence-electron chi connectivity index (χ4n) is 2.37. The number of carbonyl (C=O) groups is 1. The number of esters is 1. The van der Waals surface area contributed by atoms with Gasteiger partial charge in [0.15, 0.2) is 0 Å². The lowest BCUT2D eigenvalue weighted by Gasteiger charge is -2.25. The summed E-state index contributed by atoms with van der Waals surface area (Å²) in [5.74, 6) is -0.276. The number of rotatable bonds is 7. The minimum absolute atomic E-state index is 0. The molecule has 2 aromatic carbocycles. The molecular weight excluding hydrogens is 310 g/mol. The Morgan fingerprint density at radius 1 is 0.957 bits per heavy atom. The summed E-state index contributed by atoms with van der Waals surface area (Å²) in [5.41, 5.74) is 1.61. The Kier molecular flexibility index (Phi) is 8.38. The second-order valence-electron chi connectivity index (χ2n) is 5.16. The van der Waals surface area contributed by atoms with Gasteiger partial charge in [0, 0.05) is 6.54 Å². The number of nitrogens with zero attached hydrogens (tertiary/aromatic N) is 1. The molecule has 0 aromatic heterocycles. The molecule has 0 saturated heterocycles. The molecule has 0 radical (unpaired) electrons. The second-order valence-corrected chi connectivity index (χ2v) is 5.16. The van der Waals surface area contributed by atoms with E-state index in [4.69, 9.17) is 4.74 Å². The monoisotopic (exact) mass is 333 g/mol. The highest BCUT2D eigenvalue weighted by Crippen LogP contribution is 2.20. The summed E-state index contributed by atoms with van der Waals surface area (Å²) in [6.45, 7) is 6.80. The van der Waals surface area contributed by atoms with Crippen LogP contribution in [0.1, 0.15) is 35.9 Å². The van der Waals surface area contributed by atoms with E-state index < -0.39 is 0 Å². The average molecular weight is 334 g/mol. The van der Waals surface area contributed by atoms with E-state index in [0.29, 0.717) is 12.1 Å². The molecule has 0 amide bonds. The zero-order valence-electron chi connectivity index (χ0n) is 13.6. The molecule has 2 rings (SSSR count). The lowest BCUT2D eigenvalue weighted by molar-refractivity contribution is 0.0204. The number of benzene rings is 2. The maximum Gasteiger partial charge on any atom is 0.338 e. The highest BCUT2D eigenvalue weighted by Gasteiger charge is 2.20. The summed E-state index contributed by atoms with van der Waals surface area (Å²) < 4.78 is 5.78. The van der Waals surface area contributed by atoms with Crippen LogP contribution in [0, 0.1) is 0 Å². The topological polar surface area (TPSA) is 29.5 Å². The first-order valence-electron chi connectivity index (χ1n) is 7.78. The number of likely N-dealkylation sites (N-methyl/N-ethyl adjacent to an activating group) is 1. The maximum atomic E-state index is 12.3. The molecule has 3 nitrogen and oxygen atoms in total. The fourth-order valence-corrected chi connectivity index (χ4v) is 2.37. The van der Waals surface area contributed by atoms with Gasteiger partial charge in [-0.2, -0.15) is 0 Å². The van der Waals surface area contributed by atoms with Gasteiger partial charge in [0.25, 0.3) is 0 Å². The third kappa shape index (κ3) is 5.70. The van der Waals surface area contributed by atoms with E-state index in [9.17, 15) is 4.79 Å². The first-order chi connectivity index (χ1) is 10.7. The molecule has 124 valence electrons. The summed E-state index contributed by atoms with van der Waals surface area (Å²) in [6, 6.07) is 19.1. The quantitative estimate of drug-likeness (QED) is 0.705. The molecular formula is C19H24ClNO2. The molecule has 0 heterocycles. The van der Waals surface area contributed by atoms with Gasteiger partial charge >= 0.3 is 5.97 Å². The van der Waals surface area contributed by atoms with Crippen molar-refractivity contribution in [2.24, 2.45) is 0 Å². The molecule has 0 spiro atoms. The number of hydrogen-bond acceptors (Lipinski definition) is 3. The molecule has 1 atom stereocenters. The van der Waals surface area contributed by atoms with Crippen molar-refractivity contribution in [3.63, 3.8) is 0 Å². The molecule has 0 aliphatic rings. The van der Waals surface area contributed by atoms with Crippen molar-refractivity contribution in [2.45, 2.75) is 20.0 Å². The van der Waals surface area contributed by atoms with Gasteiger partial charge in [0.05, 0.1) is 5.56 Å². The predicted molar refractivity (Wildman–Crippen MR) is 96.1 cm³/mol. The van der Waals surface area contributed by atoms with Gasteiger partial charge in [-0.25, -0.2) is 4.79 Å². The van der Waals surface area contributed by atoms with Crippen molar-refractivity contribution in [1.82, 2.24) is 4.90 Å². The van der Waals surface area contributed by atoms with Crippen LogP contribution >= 0.6 is 12.4 Å². The van der Waals surface area contributed by atoms with E-state index in [1.165, 1.54) is 0 Å². The molecule has 0 unspecified atom stereocenters. The van der Waals surface area contributed by atoms with Crippen molar-refractivity contribution in [3.05, 3.63) is 71.8 Å². The summed E-state index contributed by atoms with van der Waals surface area (Å²) in [6.07, 6.45) is -0.256. The number of hydrogen-bond donors (Lipinski definition) is 0. The van der Waals surface area contributed by atoms with Gasteiger partial charge in [-0.05, 0) is 30.8 Å². The SMILES string of the molecule is CCN(CC)C[C@H](OC(=O)c1ccccc1)c1ccccc1.Cl. The first kappa shape index (κ1) is 19.2. The third-order valence-electron chi connectivity index (χ3n) is 3.75. The molecule has 0 aliphatic heterocycles. The third-order valence-corrected chi connectivity index (χ3v) is 3.75. The number of carbonyl (C=O) groups excluding carboxylic acids is 1. The zero-order chi connectivity index (χ0) is 15.8. The number of halogens is 1. The minimum atomic E-state index is -0.276. The molecule has 0 bridgehead atoms. The Bertz CT molecular complexity index is 570. The maximum absolute atomic E-state index is 12.3. The Morgan fingerprint density at radius 2 is 1.48 bits per heavy atom. The van der Waals surface area contributed by atoms with Gasteiger partial charge in [0.2, 0.25) is 0 Å². The molecule has 0 N–H and O–H groups in total. The molecule has 4 heteroatoms. The molecule has 2 aromatic rings. The average Bonchev–Trinajstić information content (AvgIpc) is 2.60. The zero-order valence-corrected chi connectivity index (χ0v) is 14.5. The predicted octanol–water partition coefficient (Wildman–Crippen LogP) is 4.35. The highest BCUT2D eigenvalue weighted by molar-refractivity contribution is 5.89. The van der Waals surface area contributed by atoms with Crippen molar-refractivity contribution in [2.75, 3.05) is 19.6 Å². The highest BCUT2D eigenvalue weighted by atomic mass is 35.5. The molecule has 0 aliphatic carbocycles. The van der Waals surface area contributed by atoms with Crippen molar-refractivity contribution < 1.29 is 9.53 Å². The van der Waals surface area contributed by atoms with E-state index in [1.54, 1.807) is 12.1 Å². The smallest absolute Gasteiger partial charge is 0.338 e. The lowest BCUT2D eigenvalue weighted by atomic mass is 10.1. The van der Waals surface area contributed by atoms with E-state index >= 15 is 0 Å². The Balaban J connectivity index is 0.00000264. The van der Waals surface area contributed by atoms with E-state index in [-0.39, 0.29) is 24.5 Å². The van der Waals surface area contributed by atoms with Gasteiger partial charge in [0.1, 0.15) is 6.10 Å². The summed E-state index contributed by atoms with van der Waals surface area (Å²) in [5, 5.41) is 0. The van der Waals surface area contributed by atoms with Crippen LogP contribution in [0.25, 0.3) is 0 Å². The fraction of sp³-hybridized carbons (Fsp3) is 0.316. The van der Waals surface area contributed by atoms with Crippen LogP contribution in [0.5, 0.6) is 0 Å². The largest absolute Gasteiger partial charge is 0.453 e. The van der Waals surface area contributed by atoms with Crippen molar-refractivity contribution in [1.29, 1.82) is 0 Å². The molecule has 0 saturated carbocycles. The second kappa shape index (κ2) is 10.0. The van der Waals surface area contributed by atoms with Crippen LogP contribution in [0.2, 0.25) is 0 Å².